The maximum absolute atomic E-state index is 13.2. The van der Waals surface area contributed by atoms with Gasteiger partial charge in [-0.2, -0.15) is 10.2 Å². The number of aromatic amines is 1. The minimum Gasteiger partial charge on any atom is -0.491 e. The van der Waals surface area contributed by atoms with Crippen LogP contribution in [-0.4, -0.2) is 93.1 Å². The fourth-order valence-corrected chi connectivity index (χ4v) is 3.32. The lowest BCUT2D eigenvalue weighted by Crippen LogP contribution is -2.50. The number of hydrogen-bond donors (Lipinski definition) is 1. The summed E-state index contributed by atoms with van der Waals surface area (Å²) in [5.41, 5.74) is 1.22. The van der Waals surface area contributed by atoms with E-state index in [0.29, 0.717) is 31.1 Å². The molecule has 1 aliphatic heterocycles. The molecule has 4 rings (SSSR count). The molecular formula is C22H25N7O6. The van der Waals surface area contributed by atoms with Crippen LogP contribution in [0.1, 0.15) is 12.6 Å². The number of hydrogen-bond acceptors (Lipinski definition) is 10. The van der Waals surface area contributed by atoms with Crippen LogP contribution in [0.3, 0.4) is 0 Å². The van der Waals surface area contributed by atoms with Crippen molar-refractivity contribution >= 4 is 17.6 Å². The molecule has 1 fully saturated rings. The minimum absolute atomic E-state index is 0.00272. The van der Waals surface area contributed by atoms with Gasteiger partial charge in [-0.1, -0.05) is 5.16 Å². The Balaban J connectivity index is 1.34. The van der Waals surface area contributed by atoms with Crippen LogP contribution >= 0.6 is 0 Å². The molecule has 0 radical (unpaired) electrons. The maximum Gasteiger partial charge on any atom is 0.347 e. The molecule has 0 saturated carbocycles. The summed E-state index contributed by atoms with van der Waals surface area (Å²) in [6, 6.07) is 8.98. The van der Waals surface area contributed by atoms with Gasteiger partial charge >= 0.3 is 5.97 Å². The molecule has 1 unspecified atom stereocenters. The minimum atomic E-state index is -0.578. The van der Waals surface area contributed by atoms with E-state index in [1.54, 1.807) is 28.9 Å². The van der Waals surface area contributed by atoms with Crippen molar-refractivity contribution in [3.63, 3.8) is 0 Å². The lowest BCUT2D eigenvalue weighted by Gasteiger charge is -2.32. The second kappa shape index (κ2) is 11.7. The van der Waals surface area contributed by atoms with Gasteiger partial charge in [0.25, 0.3) is 5.91 Å². The number of esters is 1. The Morgan fingerprint density at radius 3 is 2.83 bits per heavy atom. The van der Waals surface area contributed by atoms with Crippen LogP contribution in [0.4, 0.5) is 0 Å². The van der Waals surface area contributed by atoms with Gasteiger partial charge in [-0.05, 0) is 37.3 Å². The Morgan fingerprint density at radius 1 is 1.26 bits per heavy atom. The Morgan fingerprint density at radius 2 is 2.11 bits per heavy atom. The Hall–Kier alpha value is -4.26. The van der Waals surface area contributed by atoms with Crippen LogP contribution < -0.4 is 4.74 Å². The van der Waals surface area contributed by atoms with E-state index < -0.39 is 12.6 Å². The largest absolute Gasteiger partial charge is 0.491 e. The molecule has 1 aromatic carbocycles. The van der Waals surface area contributed by atoms with Gasteiger partial charge < -0.3 is 23.9 Å². The zero-order valence-corrected chi connectivity index (χ0v) is 19.1. The van der Waals surface area contributed by atoms with Crippen molar-refractivity contribution < 1.29 is 28.6 Å². The third-order valence-electron chi connectivity index (χ3n) is 4.98. The van der Waals surface area contributed by atoms with E-state index >= 15 is 0 Å². The first-order valence-electron chi connectivity index (χ1n) is 11.0. The Labute approximate surface area is 200 Å². The molecule has 184 valence electrons. The van der Waals surface area contributed by atoms with Gasteiger partial charge in [0, 0.05) is 12.7 Å². The van der Waals surface area contributed by atoms with Crippen molar-refractivity contribution in [3.05, 3.63) is 54.9 Å². The highest BCUT2D eigenvalue weighted by atomic mass is 16.7. The molecule has 0 bridgehead atoms. The standard InChI is InChI=1S/C22H25N7O6/c1-2-32-20(30)13-35-27-21(19-7-8-24-26-19)22(31)28-9-10-33-18(11-28)12-34-17-5-3-16(4-6-17)29-15-23-14-25-29/h3-8,14-15,18H,2,9-13H2,1H3,(H,24,26)/b27-21+. The lowest BCUT2D eigenvalue weighted by atomic mass is 10.2. The van der Waals surface area contributed by atoms with E-state index in [-0.39, 0.29) is 30.9 Å². The number of nitrogens with zero attached hydrogens (tertiary/aromatic N) is 6. The quantitative estimate of drug-likeness (QED) is 0.248. The number of carbonyl (C=O) groups excluding carboxylic acids is 2. The number of amides is 1. The molecule has 35 heavy (non-hydrogen) atoms. The van der Waals surface area contributed by atoms with Crippen molar-refractivity contribution in [3.8, 4) is 11.4 Å². The Bertz CT molecular complexity index is 1120. The first kappa shape index (κ1) is 23.9. The van der Waals surface area contributed by atoms with Gasteiger partial charge in [0.2, 0.25) is 6.61 Å². The molecule has 1 amide bonds. The van der Waals surface area contributed by atoms with Crippen LogP contribution in [0.15, 0.2) is 54.3 Å². The highest BCUT2D eigenvalue weighted by molar-refractivity contribution is 6.44. The highest BCUT2D eigenvalue weighted by Gasteiger charge is 2.29. The van der Waals surface area contributed by atoms with E-state index in [9.17, 15) is 9.59 Å². The molecule has 3 heterocycles. The summed E-state index contributed by atoms with van der Waals surface area (Å²) >= 11 is 0. The van der Waals surface area contributed by atoms with Crippen LogP contribution in [0.5, 0.6) is 5.75 Å². The normalized spacial score (nSPS) is 16.1. The van der Waals surface area contributed by atoms with Crippen LogP contribution in [0.25, 0.3) is 5.69 Å². The molecule has 1 atom stereocenters. The first-order valence-corrected chi connectivity index (χ1v) is 11.0. The molecular weight excluding hydrogens is 458 g/mol. The summed E-state index contributed by atoms with van der Waals surface area (Å²) in [5.74, 6) is -0.304. The number of benzene rings is 1. The molecule has 0 spiro atoms. The second-order valence-electron chi connectivity index (χ2n) is 7.38. The van der Waals surface area contributed by atoms with Gasteiger partial charge in [0.1, 0.15) is 31.1 Å². The van der Waals surface area contributed by atoms with E-state index in [0.717, 1.165) is 5.69 Å². The number of aromatic nitrogens is 5. The smallest absolute Gasteiger partial charge is 0.347 e. The molecule has 3 aromatic rings. The monoisotopic (exact) mass is 483 g/mol. The SMILES string of the molecule is CCOC(=O)CO/N=C(/C(=O)N1CCOC(COc2ccc(-n3cncn3)cc2)C1)c1ccn[nH]1. The second-order valence-corrected chi connectivity index (χ2v) is 7.38. The van der Waals surface area contributed by atoms with Crippen molar-refractivity contribution in [2.45, 2.75) is 13.0 Å². The number of nitrogens with one attached hydrogen (secondary N) is 1. The van der Waals surface area contributed by atoms with Crippen LogP contribution in [0.2, 0.25) is 0 Å². The van der Waals surface area contributed by atoms with E-state index in [4.69, 9.17) is 19.0 Å². The van der Waals surface area contributed by atoms with Crippen LogP contribution in [0, 0.1) is 0 Å². The highest BCUT2D eigenvalue weighted by Crippen LogP contribution is 2.16. The number of oxime groups is 1. The zero-order valence-electron chi connectivity index (χ0n) is 19.1. The zero-order chi connectivity index (χ0) is 24.5. The van der Waals surface area contributed by atoms with Crippen molar-refractivity contribution in [2.75, 3.05) is 39.5 Å². The number of H-pyrrole nitrogens is 1. The Kier molecular flexibility index (Phi) is 8.01. The molecule has 0 aliphatic carbocycles. The average Bonchev–Trinajstić information content (AvgIpc) is 3.61. The number of carbonyl (C=O) groups is 2. The predicted octanol–water partition coefficient (Wildman–Crippen LogP) is 0.581. The van der Waals surface area contributed by atoms with E-state index in [1.807, 2.05) is 24.3 Å². The van der Waals surface area contributed by atoms with Crippen LogP contribution in [-0.2, 0) is 23.9 Å². The number of rotatable bonds is 10. The van der Waals surface area contributed by atoms with Crippen molar-refractivity contribution in [1.29, 1.82) is 0 Å². The summed E-state index contributed by atoms with van der Waals surface area (Å²) in [6.45, 7) is 2.75. The van der Waals surface area contributed by atoms with Gasteiger partial charge in [0.15, 0.2) is 5.71 Å². The predicted molar refractivity (Wildman–Crippen MR) is 121 cm³/mol. The van der Waals surface area contributed by atoms with Gasteiger partial charge in [-0.25, -0.2) is 14.5 Å². The summed E-state index contributed by atoms with van der Waals surface area (Å²) in [6.07, 6.45) is 4.23. The van der Waals surface area contributed by atoms with E-state index in [2.05, 4.69) is 25.4 Å². The fourth-order valence-electron chi connectivity index (χ4n) is 3.32. The van der Waals surface area contributed by atoms with Gasteiger partial charge in [0.05, 0.1) is 31.1 Å². The fraction of sp³-hybridized carbons (Fsp3) is 0.364. The summed E-state index contributed by atoms with van der Waals surface area (Å²) < 4.78 is 18.1. The number of ether oxygens (including phenoxy) is 3. The summed E-state index contributed by atoms with van der Waals surface area (Å²) in [7, 11) is 0. The lowest BCUT2D eigenvalue weighted by molar-refractivity contribution is -0.148. The molecule has 1 N–H and O–H groups in total. The molecule has 1 saturated heterocycles. The van der Waals surface area contributed by atoms with Gasteiger partial charge in [-0.3, -0.25) is 9.89 Å². The third-order valence-corrected chi connectivity index (χ3v) is 4.98. The average molecular weight is 483 g/mol. The molecule has 13 heteroatoms. The number of morpholine rings is 1. The summed E-state index contributed by atoms with van der Waals surface area (Å²) in [4.78, 5) is 35.3. The van der Waals surface area contributed by atoms with Crippen molar-refractivity contribution in [2.24, 2.45) is 5.16 Å². The van der Waals surface area contributed by atoms with Gasteiger partial charge in [-0.15, -0.1) is 0 Å². The topological polar surface area (TPSA) is 146 Å². The molecule has 13 nitrogen and oxygen atoms in total. The third kappa shape index (κ3) is 6.41. The molecule has 1 aliphatic rings. The summed E-state index contributed by atoms with van der Waals surface area (Å²) in [5, 5.41) is 14.5. The van der Waals surface area contributed by atoms with Crippen molar-refractivity contribution in [1.82, 2.24) is 29.9 Å². The molecule has 2 aromatic heterocycles. The first-order chi connectivity index (χ1) is 17.1. The maximum atomic E-state index is 13.2. The van der Waals surface area contributed by atoms with E-state index in [1.165, 1.54) is 12.5 Å².